The Bertz CT molecular complexity index is 610. The first-order valence-electron chi connectivity index (χ1n) is 10.1. The molecule has 1 N–H and O–H groups in total. The van der Waals surface area contributed by atoms with Crippen molar-refractivity contribution in [2.24, 2.45) is 4.99 Å². The van der Waals surface area contributed by atoms with E-state index < -0.39 is 0 Å². The Morgan fingerprint density at radius 1 is 1.19 bits per heavy atom. The van der Waals surface area contributed by atoms with Crippen molar-refractivity contribution in [3.8, 4) is 0 Å². The molecule has 1 aromatic carbocycles. The van der Waals surface area contributed by atoms with Gasteiger partial charge in [-0.25, -0.2) is 0 Å². The number of nitrogens with zero attached hydrogens (tertiary/aromatic N) is 3. The van der Waals surface area contributed by atoms with E-state index in [1.165, 1.54) is 17.5 Å². The van der Waals surface area contributed by atoms with Crippen LogP contribution in [0.25, 0.3) is 0 Å². The Kier molecular flexibility index (Phi) is 6.73. The summed E-state index contributed by atoms with van der Waals surface area (Å²) in [6, 6.07) is 9.76. The van der Waals surface area contributed by atoms with Gasteiger partial charge in [0.15, 0.2) is 5.96 Å². The van der Waals surface area contributed by atoms with Crippen molar-refractivity contribution in [3.63, 3.8) is 0 Å². The molecule has 0 bridgehead atoms. The molecule has 2 heterocycles. The molecule has 0 aromatic heterocycles. The predicted octanol–water partition coefficient (Wildman–Crippen LogP) is 3.26. The third-order valence-corrected chi connectivity index (χ3v) is 5.61. The quantitative estimate of drug-likeness (QED) is 0.368. The van der Waals surface area contributed by atoms with E-state index in [9.17, 15) is 0 Å². The number of aryl methyl sites for hydroxylation is 1. The zero-order chi connectivity index (χ0) is 18.4. The molecular weight excluding hydrogens is 320 g/mol. The van der Waals surface area contributed by atoms with Crippen molar-refractivity contribution in [2.75, 3.05) is 39.8 Å². The molecular formula is C22H34N4. The summed E-state index contributed by atoms with van der Waals surface area (Å²) in [5.41, 5.74) is 2.85. The smallest absolute Gasteiger partial charge is 0.193 e. The van der Waals surface area contributed by atoms with Crippen molar-refractivity contribution in [2.45, 2.75) is 45.1 Å². The lowest BCUT2D eigenvalue weighted by molar-refractivity contribution is 0.259. The molecule has 1 fully saturated rings. The van der Waals surface area contributed by atoms with Crippen LogP contribution in [0.2, 0.25) is 0 Å². The van der Waals surface area contributed by atoms with Crippen LogP contribution in [0, 0.1) is 0 Å². The van der Waals surface area contributed by atoms with Gasteiger partial charge in [-0.1, -0.05) is 50.3 Å². The second-order valence-corrected chi connectivity index (χ2v) is 7.79. The van der Waals surface area contributed by atoms with E-state index in [0.717, 1.165) is 51.5 Å². The molecule has 142 valence electrons. The zero-order valence-corrected chi connectivity index (χ0v) is 16.6. The number of rotatable bonds is 6. The highest BCUT2D eigenvalue weighted by Gasteiger charge is 2.29. The van der Waals surface area contributed by atoms with Crippen LogP contribution < -0.4 is 5.32 Å². The average molecular weight is 355 g/mol. The van der Waals surface area contributed by atoms with E-state index in [0.29, 0.717) is 12.0 Å². The minimum Gasteiger partial charge on any atom is -0.356 e. The molecule has 2 aliphatic heterocycles. The van der Waals surface area contributed by atoms with Gasteiger partial charge in [0, 0.05) is 45.8 Å². The molecule has 1 aromatic rings. The average Bonchev–Trinajstić information content (AvgIpc) is 3.34. The van der Waals surface area contributed by atoms with Crippen LogP contribution in [0.1, 0.15) is 43.7 Å². The van der Waals surface area contributed by atoms with Crippen LogP contribution in [0.4, 0.5) is 0 Å². The number of likely N-dealkylation sites (tertiary alicyclic amines) is 1. The Balaban J connectivity index is 1.39. The van der Waals surface area contributed by atoms with E-state index in [4.69, 9.17) is 0 Å². The lowest BCUT2D eigenvalue weighted by Crippen LogP contribution is -2.43. The highest BCUT2D eigenvalue weighted by Crippen LogP contribution is 2.18. The fourth-order valence-electron chi connectivity index (χ4n) is 3.92. The van der Waals surface area contributed by atoms with Crippen LogP contribution in [-0.4, -0.2) is 61.6 Å². The molecule has 1 unspecified atom stereocenters. The zero-order valence-electron chi connectivity index (χ0n) is 16.6. The standard InChI is InChI=1S/C22H34N4/c1-18(2)20-10-8-19(9-11-20)7-6-13-24-22(23-3)26-16-12-21(17-26)25-14-4-5-15-25/h4-5,8-11,18,21H,6-7,12-17H2,1-3H3,(H,23,24). The summed E-state index contributed by atoms with van der Waals surface area (Å²) < 4.78 is 0. The summed E-state index contributed by atoms with van der Waals surface area (Å²) in [5, 5.41) is 3.56. The van der Waals surface area contributed by atoms with Gasteiger partial charge < -0.3 is 10.2 Å². The third-order valence-electron chi connectivity index (χ3n) is 5.61. The SMILES string of the molecule is CN=C(NCCCc1ccc(C(C)C)cc1)N1CCC(N2CC=CC2)C1. The van der Waals surface area contributed by atoms with E-state index in [1.807, 2.05) is 7.05 Å². The normalized spacial score (nSPS) is 21.2. The van der Waals surface area contributed by atoms with Gasteiger partial charge in [-0.3, -0.25) is 9.89 Å². The first kappa shape index (κ1) is 19.0. The molecule has 2 aliphatic rings. The van der Waals surface area contributed by atoms with Crippen LogP contribution in [-0.2, 0) is 6.42 Å². The third kappa shape index (κ3) is 4.88. The van der Waals surface area contributed by atoms with Crippen LogP contribution >= 0.6 is 0 Å². The van der Waals surface area contributed by atoms with E-state index >= 15 is 0 Å². The van der Waals surface area contributed by atoms with Crippen LogP contribution in [0.15, 0.2) is 41.4 Å². The molecule has 0 radical (unpaired) electrons. The highest BCUT2D eigenvalue weighted by molar-refractivity contribution is 5.80. The number of hydrogen-bond donors (Lipinski definition) is 1. The van der Waals surface area contributed by atoms with Crippen LogP contribution in [0.5, 0.6) is 0 Å². The van der Waals surface area contributed by atoms with Crippen molar-refractivity contribution < 1.29 is 0 Å². The van der Waals surface area contributed by atoms with E-state index in [-0.39, 0.29) is 0 Å². The number of aliphatic imine (C=N–C) groups is 1. The molecule has 0 amide bonds. The van der Waals surface area contributed by atoms with Crippen molar-refractivity contribution >= 4 is 5.96 Å². The van der Waals surface area contributed by atoms with Crippen molar-refractivity contribution in [1.29, 1.82) is 0 Å². The predicted molar refractivity (Wildman–Crippen MR) is 111 cm³/mol. The Morgan fingerprint density at radius 3 is 2.58 bits per heavy atom. The Morgan fingerprint density at radius 2 is 1.92 bits per heavy atom. The monoisotopic (exact) mass is 354 g/mol. The molecule has 0 aliphatic carbocycles. The molecule has 1 atom stereocenters. The van der Waals surface area contributed by atoms with E-state index in [2.05, 4.69) is 70.4 Å². The number of hydrogen-bond acceptors (Lipinski definition) is 2. The lowest BCUT2D eigenvalue weighted by Gasteiger charge is -2.25. The molecule has 0 spiro atoms. The van der Waals surface area contributed by atoms with Gasteiger partial charge >= 0.3 is 0 Å². The summed E-state index contributed by atoms with van der Waals surface area (Å²) >= 11 is 0. The van der Waals surface area contributed by atoms with Gasteiger partial charge in [0.1, 0.15) is 0 Å². The molecule has 3 rings (SSSR count). The van der Waals surface area contributed by atoms with Crippen LogP contribution in [0.3, 0.4) is 0 Å². The molecule has 4 heteroatoms. The first-order chi connectivity index (χ1) is 12.7. The molecule has 0 saturated carbocycles. The lowest BCUT2D eigenvalue weighted by atomic mass is 10.0. The van der Waals surface area contributed by atoms with Gasteiger partial charge in [-0.05, 0) is 36.3 Å². The molecule has 1 saturated heterocycles. The maximum Gasteiger partial charge on any atom is 0.193 e. The molecule has 26 heavy (non-hydrogen) atoms. The van der Waals surface area contributed by atoms with Crippen molar-refractivity contribution in [3.05, 3.63) is 47.5 Å². The highest BCUT2D eigenvalue weighted by atomic mass is 15.3. The summed E-state index contributed by atoms with van der Waals surface area (Å²) in [6.45, 7) is 9.89. The second kappa shape index (κ2) is 9.22. The van der Waals surface area contributed by atoms with Gasteiger partial charge in [0.05, 0.1) is 0 Å². The summed E-state index contributed by atoms with van der Waals surface area (Å²) in [4.78, 5) is 9.48. The van der Waals surface area contributed by atoms with Gasteiger partial charge in [-0.2, -0.15) is 0 Å². The van der Waals surface area contributed by atoms with Gasteiger partial charge in [-0.15, -0.1) is 0 Å². The Labute approximate surface area is 159 Å². The minimum atomic E-state index is 0.606. The van der Waals surface area contributed by atoms with Gasteiger partial charge in [0.2, 0.25) is 0 Å². The topological polar surface area (TPSA) is 30.9 Å². The Hall–Kier alpha value is -1.81. The largest absolute Gasteiger partial charge is 0.356 e. The maximum absolute atomic E-state index is 4.50. The maximum atomic E-state index is 4.50. The number of benzene rings is 1. The van der Waals surface area contributed by atoms with Crippen molar-refractivity contribution in [1.82, 2.24) is 15.1 Å². The number of nitrogens with one attached hydrogen (secondary N) is 1. The summed E-state index contributed by atoms with van der Waals surface area (Å²) in [6.07, 6.45) is 8.05. The minimum absolute atomic E-state index is 0.606. The fourth-order valence-corrected chi connectivity index (χ4v) is 3.92. The fraction of sp³-hybridized carbons (Fsp3) is 0.591. The molecule has 4 nitrogen and oxygen atoms in total. The summed E-state index contributed by atoms with van der Waals surface area (Å²) in [5.74, 6) is 1.67. The second-order valence-electron chi connectivity index (χ2n) is 7.79. The first-order valence-corrected chi connectivity index (χ1v) is 10.1. The number of guanidine groups is 1. The van der Waals surface area contributed by atoms with Gasteiger partial charge in [0.25, 0.3) is 0 Å². The summed E-state index contributed by atoms with van der Waals surface area (Å²) in [7, 11) is 1.90. The van der Waals surface area contributed by atoms with E-state index in [1.54, 1.807) is 0 Å².